The zero-order chi connectivity index (χ0) is 13.0. The molecule has 2 aliphatic carbocycles. The minimum atomic E-state index is 0.153. The molecule has 0 aromatic carbocycles. The highest BCUT2D eigenvalue weighted by Crippen LogP contribution is 2.33. The lowest BCUT2D eigenvalue weighted by Gasteiger charge is -2.34. The number of carbonyl (C=O) groups is 1. The Morgan fingerprint density at radius 3 is 2.83 bits per heavy atom. The molecule has 0 aromatic heterocycles. The number of aliphatic hydroxyl groups is 1. The predicted molar refractivity (Wildman–Crippen MR) is 69.1 cm³/mol. The van der Waals surface area contributed by atoms with E-state index in [1.807, 2.05) is 6.92 Å². The molecule has 0 bridgehead atoms. The van der Waals surface area contributed by atoms with Gasteiger partial charge in [-0.05, 0) is 38.5 Å². The van der Waals surface area contributed by atoms with E-state index >= 15 is 0 Å². The van der Waals surface area contributed by atoms with Crippen molar-refractivity contribution in [2.75, 3.05) is 13.2 Å². The van der Waals surface area contributed by atoms with E-state index in [-0.39, 0.29) is 24.5 Å². The SMILES string of the molecule is CCOC1CC(CC(=O)NC2CCCC2CO)C1. The summed E-state index contributed by atoms with van der Waals surface area (Å²) in [5.41, 5.74) is 0. The number of amides is 1. The van der Waals surface area contributed by atoms with Gasteiger partial charge in [-0.3, -0.25) is 4.79 Å². The minimum Gasteiger partial charge on any atom is -0.396 e. The number of nitrogens with one attached hydrogen (secondary N) is 1. The molecule has 2 atom stereocenters. The lowest BCUT2D eigenvalue weighted by Crippen LogP contribution is -2.41. The van der Waals surface area contributed by atoms with Crippen molar-refractivity contribution >= 4 is 5.91 Å². The average molecular weight is 255 g/mol. The van der Waals surface area contributed by atoms with Gasteiger partial charge < -0.3 is 15.2 Å². The Balaban J connectivity index is 1.64. The van der Waals surface area contributed by atoms with Crippen LogP contribution in [-0.4, -0.2) is 36.4 Å². The zero-order valence-corrected chi connectivity index (χ0v) is 11.2. The van der Waals surface area contributed by atoms with Crippen molar-refractivity contribution < 1.29 is 14.6 Å². The van der Waals surface area contributed by atoms with Gasteiger partial charge in [-0.15, -0.1) is 0 Å². The first-order valence-corrected chi connectivity index (χ1v) is 7.24. The molecule has 104 valence electrons. The first-order valence-electron chi connectivity index (χ1n) is 7.24. The highest BCUT2D eigenvalue weighted by molar-refractivity contribution is 5.76. The largest absolute Gasteiger partial charge is 0.396 e. The molecule has 2 fully saturated rings. The summed E-state index contributed by atoms with van der Waals surface area (Å²) in [7, 11) is 0. The Morgan fingerprint density at radius 2 is 2.17 bits per heavy atom. The maximum Gasteiger partial charge on any atom is 0.220 e. The number of aliphatic hydroxyl groups excluding tert-OH is 1. The van der Waals surface area contributed by atoms with Crippen molar-refractivity contribution in [2.45, 2.75) is 57.6 Å². The summed E-state index contributed by atoms with van der Waals surface area (Å²) in [4.78, 5) is 11.9. The van der Waals surface area contributed by atoms with Crippen LogP contribution in [-0.2, 0) is 9.53 Å². The van der Waals surface area contributed by atoms with E-state index in [2.05, 4.69) is 5.32 Å². The Bertz CT molecular complexity index is 276. The van der Waals surface area contributed by atoms with Gasteiger partial charge in [0.1, 0.15) is 0 Å². The third-order valence-corrected chi connectivity index (χ3v) is 4.31. The van der Waals surface area contributed by atoms with Crippen LogP contribution in [0.3, 0.4) is 0 Å². The van der Waals surface area contributed by atoms with Gasteiger partial charge >= 0.3 is 0 Å². The van der Waals surface area contributed by atoms with Crippen LogP contribution in [0.5, 0.6) is 0 Å². The Morgan fingerprint density at radius 1 is 1.39 bits per heavy atom. The van der Waals surface area contributed by atoms with E-state index in [0.717, 1.165) is 38.7 Å². The zero-order valence-electron chi connectivity index (χ0n) is 11.2. The summed E-state index contributed by atoms with van der Waals surface area (Å²) in [5, 5.41) is 12.3. The molecule has 18 heavy (non-hydrogen) atoms. The van der Waals surface area contributed by atoms with Gasteiger partial charge in [0.05, 0.1) is 6.10 Å². The monoisotopic (exact) mass is 255 g/mol. The molecule has 2 N–H and O–H groups in total. The van der Waals surface area contributed by atoms with Crippen molar-refractivity contribution in [1.82, 2.24) is 5.32 Å². The van der Waals surface area contributed by atoms with Crippen LogP contribution in [0.4, 0.5) is 0 Å². The molecule has 4 heteroatoms. The van der Waals surface area contributed by atoms with Gasteiger partial charge in [-0.2, -0.15) is 0 Å². The van der Waals surface area contributed by atoms with E-state index in [1.165, 1.54) is 0 Å². The maximum atomic E-state index is 11.9. The summed E-state index contributed by atoms with van der Waals surface area (Å²) < 4.78 is 5.49. The average Bonchev–Trinajstić information content (AvgIpc) is 2.73. The fourth-order valence-electron chi connectivity index (χ4n) is 3.19. The summed E-state index contributed by atoms with van der Waals surface area (Å²) in [6.45, 7) is 2.97. The van der Waals surface area contributed by atoms with Gasteiger partial charge in [0.15, 0.2) is 0 Å². The molecular weight excluding hydrogens is 230 g/mol. The molecule has 2 saturated carbocycles. The van der Waals surface area contributed by atoms with Crippen molar-refractivity contribution in [3.63, 3.8) is 0 Å². The van der Waals surface area contributed by atoms with Gasteiger partial charge in [-0.25, -0.2) is 0 Å². The van der Waals surface area contributed by atoms with Crippen molar-refractivity contribution in [2.24, 2.45) is 11.8 Å². The normalized spacial score (nSPS) is 35.2. The van der Waals surface area contributed by atoms with E-state index in [4.69, 9.17) is 4.74 Å². The third kappa shape index (κ3) is 3.45. The van der Waals surface area contributed by atoms with Gasteiger partial charge in [0.25, 0.3) is 0 Å². The second-order valence-electron chi connectivity index (χ2n) is 5.67. The summed E-state index contributed by atoms with van der Waals surface area (Å²) in [6.07, 6.45) is 6.22. The van der Waals surface area contributed by atoms with Gasteiger partial charge in [0.2, 0.25) is 5.91 Å². The number of ether oxygens (including phenoxy) is 1. The van der Waals surface area contributed by atoms with Crippen LogP contribution >= 0.6 is 0 Å². The number of rotatable bonds is 6. The second kappa shape index (κ2) is 6.53. The van der Waals surface area contributed by atoms with E-state index in [0.29, 0.717) is 18.4 Å². The molecule has 0 aromatic rings. The van der Waals surface area contributed by atoms with Crippen LogP contribution in [0.1, 0.15) is 45.4 Å². The summed E-state index contributed by atoms with van der Waals surface area (Å²) in [5.74, 6) is 0.919. The number of hydrogen-bond donors (Lipinski definition) is 2. The summed E-state index contributed by atoms with van der Waals surface area (Å²) in [6, 6.07) is 0.199. The highest BCUT2D eigenvalue weighted by Gasteiger charge is 2.33. The first kappa shape index (κ1) is 13.8. The predicted octanol–water partition coefficient (Wildman–Crippen LogP) is 1.47. The van der Waals surface area contributed by atoms with Crippen molar-refractivity contribution in [3.05, 3.63) is 0 Å². The van der Waals surface area contributed by atoms with Crippen molar-refractivity contribution in [1.29, 1.82) is 0 Å². The number of hydrogen-bond acceptors (Lipinski definition) is 3. The minimum absolute atomic E-state index is 0.153. The van der Waals surface area contributed by atoms with Crippen LogP contribution in [0, 0.1) is 11.8 Å². The van der Waals surface area contributed by atoms with Crippen LogP contribution in [0.15, 0.2) is 0 Å². The fraction of sp³-hybridized carbons (Fsp3) is 0.929. The molecule has 0 aliphatic heterocycles. The Hall–Kier alpha value is -0.610. The quantitative estimate of drug-likeness (QED) is 0.755. The van der Waals surface area contributed by atoms with E-state index in [9.17, 15) is 9.90 Å². The lowest BCUT2D eigenvalue weighted by atomic mass is 9.80. The third-order valence-electron chi connectivity index (χ3n) is 4.31. The molecule has 2 rings (SSSR count). The van der Waals surface area contributed by atoms with Crippen LogP contribution in [0.2, 0.25) is 0 Å². The summed E-state index contributed by atoms with van der Waals surface area (Å²) >= 11 is 0. The molecule has 1 amide bonds. The molecule has 0 heterocycles. The molecule has 4 nitrogen and oxygen atoms in total. The molecule has 2 unspecified atom stereocenters. The Labute approximate surface area is 109 Å². The standard InChI is InChI=1S/C14H25NO3/c1-2-18-12-6-10(7-12)8-14(17)15-13-5-3-4-11(13)9-16/h10-13,16H,2-9H2,1H3,(H,15,17). The molecule has 2 aliphatic rings. The lowest BCUT2D eigenvalue weighted by molar-refractivity contribution is -0.125. The number of carbonyl (C=O) groups excluding carboxylic acids is 1. The second-order valence-corrected chi connectivity index (χ2v) is 5.67. The van der Waals surface area contributed by atoms with Gasteiger partial charge in [-0.1, -0.05) is 6.42 Å². The molecule has 0 radical (unpaired) electrons. The Kier molecular flexibility index (Phi) is 5.01. The van der Waals surface area contributed by atoms with Crippen LogP contribution < -0.4 is 5.32 Å². The molecular formula is C14H25NO3. The first-order chi connectivity index (χ1) is 8.72. The highest BCUT2D eigenvalue weighted by atomic mass is 16.5. The van der Waals surface area contributed by atoms with E-state index in [1.54, 1.807) is 0 Å². The fourth-order valence-corrected chi connectivity index (χ4v) is 3.19. The smallest absolute Gasteiger partial charge is 0.220 e. The topological polar surface area (TPSA) is 58.6 Å². The van der Waals surface area contributed by atoms with E-state index < -0.39 is 0 Å². The molecule has 0 saturated heterocycles. The van der Waals surface area contributed by atoms with Gasteiger partial charge in [0, 0.05) is 31.6 Å². The van der Waals surface area contributed by atoms with Crippen molar-refractivity contribution in [3.8, 4) is 0 Å². The molecule has 0 spiro atoms. The maximum absolute atomic E-state index is 11.9. The van der Waals surface area contributed by atoms with Crippen LogP contribution in [0.25, 0.3) is 0 Å².